The minimum atomic E-state index is -3.38. The van der Waals surface area contributed by atoms with E-state index in [0.29, 0.717) is 23.5 Å². The summed E-state index contributed by atoms with van der Waals surface area (Å²) in [6, 6.07) is 2.11. The van der Waals surface area contributed by atoms with Gasteiger partial charge in [0.1, 0.15) is 0 Å². The quantitative estimate of drug-likeness (QED) is 0.583. The van der Waals surface area contributed by atoms with Gasteiger partial charge in [-0.2, -0.15) is 0 Å². The molecule has 2 aromatic rings. The third-order valence-corrected chi connectivity index (χ3v) is 9.34. The Balaban J connectivity index is 1.62. The van der Waals surface area contributed by atoms with Crippen molar-refractivity contribution in [3.05, 3.63) is 39.5 Å². The van der Waals surface area contributed by atoms with Crippen LogP contribution in [0.2, 0.25) is 0 Å². The summed E-state index contributed by atoms with van der Waals surface area (Å²) in [4.78, 5) is 4.14. The van der Waals surface area contributed by atoms with Crippen LogP contribution in [-0.2, 0) is 43.7 Å². The fourth-order valence-corrected chi connectivity index (χ4v) is 6.75. The zero-order valence-electron chi connectivity index (χ0n) is 17.8. The molecule has 2 aliphatic carbocycles. The van der Waals surface area contributed by atoms with Crippen LogP contribution in [0.15, 0.2) is 20.8 Å². The van der Waals surface area contributed by atoms with Crippen LogP contribution < -0.4 is 10.5 Å². The first kappa shape index (κ1) is 22.3. The van der Waals surface area contributed by atoms with Crippen molar-refractivity contribution in [2.24, 2.45) is 9.50 Å². The molecule has 5 rings (SSSR count). The van der Waals surface area contributed by atoms with E-state index in [-0.39, 0.29) is 9.92 Å². The van der Waals surface area contributed by atoms with Crippen LogP contribution in [0.1, 0.15) is 54.0 Å². The van der Waals surface area contributed by atoms with E-state index in [1.807, 2.05) is 0 Å². The molecule has 0 bridgehead atoms. The monoisotopic (exact) mass is 460 g/mol. The van der Waals surface area contributed by atoms with E-state index in [2.05, 4.69) is 20.7 Å². The van der Waals surface area contributed by atoms with Crippen molar-refractivity contribution >= 4 is 63.3 Å². The van der Waals surface area contributed by atoms with E-state index in [9.17, 15) is 9.32 Å². The van der Waals surface area contributed by atoms with Crippen molar-refractivity contribution in [1.82, 2.24) is 4.98 Å². The maximum absolute atomic E-state index is 13.3. The first-order chi connectivity index (χ1) is 14.8. The van der Waals surface area contributed by atoms with E-state index in [4.69, 9.17) is 33.3 Å². The van der Waals surface area contributed by atoms with Gasteiger partial charge in [-0.3, -0.25) is 0 Å². The number of aryl methyl sites for hydroxylation is 2. The summed E-state index contributed by atoms with van der Waals surface area (Å²) >= 11 is 1.04. The molecule has 1 aromatic heterocycles. The van der Waals surface area contributed by atoms with Gasteiger partial charge in [-0.05, 0) is 0 Å². The van der Waals surface area contributed by atoms with Crippen LogP contribution in [0.4, 0.5) is 5.69 Å². The van der Waals surface area contributed by atoms with Gasteiger partial charge in [0.2, 0.25) is 0 Å². The summed E-state index contributed by atoms with van der Waals surface area (Å²) in [5, 5.41) is 18.8. The van der Waals surface area contributed by atoms with E-state index in [1.165, 1.54) is 13.3 Å². The van der Waals surface area contributed by atoms with Crippen molar-refractivity contribution in [3.63, 3.8) is 0 Å². The topological polar surface area (TPSA) is 110 Å². The number of anilines is 1. The Hall–Kier alpha value is -1.55. The molecule has 2 atom stereocenters. The van der Waals surface area contributed by atoms with Crippen molar-refractivity contribution < 1.29 is 14.0 Å². The first-order valence-electron chi connectivity index (χ1n) is 10.3. The molecule has 0 fully saturated rings. The third kappa shape index (κ3) is 3.48. The molecule has 2 unspecified atom stereocenters. The van der Waals surface area contributed by atoms with Gasteiger partial charge in [0.25, 0.3) is 0 Å². The van der Waals surface area contributed by atoms with Gasteiger partial charge in [-0.15, -0.1) is 0 Å². The fraction of sp³-hybridized carbons (Fsp3) is 0.474. The van der Waals surface area contributed by atoms with Gasteiger partial charge < -0.3 is 0 Å². The number of benzene rings is 1. The molecule has 2 heterocycles. The molecule has 1 aliphatic heterocycles. The molecule has 6 radical (unpaired) electrons. The van der Waals surface area contributed by atoms with Gasteiger partial charge in [-0.25, -0.2) is 0 Å². The van der Waals surface area contributed by atoms with Crippen molar-refractivity contribution in [2.75, 3.05) is 5.32 Å². The number of aliphatic hydroxyl groups is 1. The van der Waals surface area contributed by atoms with E-state index < -0.39 is 26.2 Å². The van der Waals surface area contributed by atoms with Crippen LogP contribution in [-0.4, -0.2) is 50.7 Å². The Morgan fingerprint density at radius 2 is 2.00 bits per heavy atom. The Labute approximate surface area is 196 Å². The molecule has 158 valence electrons. The second-order valence-electron chi connectivity index (χ2n) is 9.20. The fourth-order valence-electron chi connectivity index (χ4n) is 4.60. The summed E-state index contributed by atoms with van der Waals surface area (Å²) in [6.07, 6.45) is 4.07. The zero-order chi connectivity index (χ0) is 23.1. The molecule has 0 saturated heterocycles. The second kappa shape index (κ2) is 6.98. The average Bonchev–Trinajstić information content (AvgIpc) is 3.35. The molecule has 0 spiro atoms. The Morgan fingerprint density at radius 1 is 1.31 bits per heavy atom. The van der Waals surface area contributed by atoms with E-state index in [1.54, 1.807) is 13.8 Å². The number of rotatable bonds is 3. The molecule has 13 heteroatoms. The van der Waals surface area contributed by atoms with Crippen molar-refractivity contribution in [1.29, 1.82) is 0 Å². The van der Waals surface area contributed by atoms with Gasteiger partial charge in [0.15, 0.2) is 0 Å². The first-order valence-corrected chi connectivity index (χ1v) is 12.6. The van der Waals surface area contributed by atoms with Gasteiger partial charge in [0, 0.05) is 0 Å². The number of aromatic nitrogens is 1. The number of hydrogen-bond acceptors (Lipinski definition) is 7. The summed E-state index contributed by atoms with van der Waals surface area (Å²) in [5.74, 6) is 0. The predicted octanol–water partition coefficient (Wildman–Crippen LogP) is 0.624. The van der Waals surface area contributed by atoms with Crippen LogP contribution >= 0.6 is 11.3 Å². The standard InChI is InChI=1S/C19H20B4N4O3S2/c1-17(2,28)15-25-8-11(31-15)32(24,29)27-16-23-30-19(22)6-4-10-7-9-3-5-18(20,21)12(9)14(26-16)13(10)19/h7-8,26,28H,3-6H2,1-2H3,(H2,24,27,29). The summed E-state index contributed by atoms with van der Waals surface area (Å²) in [5.41, 5.74) is 2.25. The number of nitrogens with two attached hydrogens (primary N) is 1. The SMILES string of the molecule is [B]C1([B])CCc2cc3c4c(c21)NC(N=S(N)(=O)c1cnc(C(C)(C)O)s1)=BOC4([B])CC3. The zero-order valence-corrected chi connectivity index (χ0v) is 19.5. The molecular formula is C19H20B4N4O3S2. The molecule has 32 heavy (non-hydrogen) atoms. The normalized spacial score (nSPS) is 24.7. The molecule has 0 saturated carbocycles. The Morgan fingerprint density at radius 3 is 2.69 bits per heavy atom. The molecule has 0 amide bonds. The summed E-state index contributed by atoms with van der Waals surface area (Å²) < 4.78 is 23.8. The van der Waals surface area contributed by atoms with E-state index in [0.717, 1.165) is 46.4 Å². The molecule has 7 nitrogen and oxygen atoms in total. The number of fused-ring (bicyclic) bond motifs is 2. The molecule has 4 N–H and O–H groups in total. The number of hydrogen-bond donors (Lipinski definition) is 3. The average molecular weight is 460 g/mol. The maximum atomic E-state index is 13.3. The number of nitrogens with zero attached hydrogens (tertiary/aromatic N) is 2. The van der Waals surface area contributed by atoms with Crippen LogP contribution in [0.3, 0.4) is 0 Å². The number of nitrogens with one attached hydrogen (secondary N) is 1. The molecule has 3 aliphatic rings. The van der Waals surface area contributed by atoms with Crippen LogP contribution in [0.25, 0.3) is 0 Å². The third-order valence-electron chi connectivity index (χ3n) is 6.12. The summed E-state index contributed by atoms with van der Waals surface area (Å²) in [7, 11) is 17.4. The van der Waals surface area contributed by atoms with Crippen LogP contribution in [0.5, 0.6) is 0 Å². The number of thiazole rings is 1. The Kier molecular flexibility index (Phi) is 4.85. The molecule has 1 aromatic carbocycles. The minimum absolute atomic E-state index is 0.147. The van der Waals surface area contributed by atoms with Gasteiger partial charge >= 0.3 is 197 Å². The van der Waals surface area contributed by atoms with Crippen LogP contribution in [0, 0.1) is 0 Å². The van der Waals surface area contributed by atoms with Gasteiger partial charge in [0.05, 0.1) is 0 Å². The van der Waals surface area contributed by atoms with Crippen molar-refractivity contribution in [2.45, 2.75) is 60.1 Å². The van der Waals surface area contributed by atoms with Gasteiger partial charge in [-0.1, -0.05) is 0 Å². The second-order valence-corrected chi connectivity index (χ2v) is 12.2. The Bertz CT molecular complexity index is 1290. The van der Waals surface area contributed by atoms with E-state index >= 15 is 0 Å². The molecular weight excluding hydrogens is 440 g/mol. The van der Waals surface area contributed by atoms with Crippen molar-refractivity contribution in [3.8, 4) is 0 Å². The predicted molar refractivity (Wildman–Crippen MR) is 130 cm³/mol. The summed E-state index contributed by atoms with van der Waals surface area (Å²) in [6.45, 7) is 3.18.